The summed E-state index contributed by atoms with van der Waals surface area (Å²) < 4.78 is 25.6. The summed E-state index contributed by atoms with van der Waals surface area (Å²) in [6.45, 7) is 1.05. The van der Waals surface area contributed by atoms with Gasteiger partial charge in [-0.1, -0.05) is 6.07 Å². The highest BCUT2D eigenvalue weighted by Crippen LogP contribution is 2.17. The Morgan fingerprint density at radius 2 is 2.07 bits per heavy atom. The second kappa shape index (κ2) is 3.94. The van der Waals surface area contributed by atoms with E-state index in [4.69, 9.17) is 5.11 Å². The van der Waals surface area contributed by atoms with Gasteiger partial charge in [0.2, 0.25) is 0 Å². The molecule has 0 saturated carbocycles. The summed E-state index contributed by atoms with van der Waals surface area (Å²) in [6, 6.07) is 2.77. The Morgan fingerprint density at radius 3 is 2.53 bits per heavy atom. The lowest BCUT2D eigenvalue weighted by atomic mass is 9.96. The normalized spacial score (nSPS) is 14.7. The molecule has 0 aromatic heterocycles. The van der Waals surface area contributed by atoms with E-state index in [2.05, 4.69) is 0 Å². The Kier molecular flexibility index (Phi) is 3.04. The maximum atomic E-state index is 13.1. The molecule has 0 aliphatic rings. The predicted octanol–water partition coefficient (Wildman–Crippen LogP) is 1.34. The minimum Gasteiger partial charge on any atom is -0.479 e. The van der Waals surface area contributed by atoms with Crippen molar-refractivity contribution in [2.45, 2.75) is 18.9 Å². The van der Waals surface area contributed by atoms with Crippen LogP contribution < -0.4 is 0 Å². The van der Waals surface area contributed by atoms with Gasteiger partial charge in [-0.3, -0.25) is 0 Å². The molecule has 2 N–H and O–H groups in total. The van der Waals surface area contributed by atoms with Gasteiger partial charge >= 0.3 is 5.97 Å². The molecule has 0 fully saturated rings. The van der Waals surface area contributed by atoms with Crippen LogP contribution in [0.5, 0.6) is 0 Å². The molecule has 1 aromatic carbocycles. The van der Waals surface area contributed by atoms with Crippen LogP contribution in [0.15, 0.2) is 18.2 Å². The van der Waals surface area contributed by atoms with Gasteiger partial charge in [-0.05, 0) is 18.6 Å². The van der Waals surface area contributed by atoms with Gasteiger partial charge in [-0.2, -0.15) is 0 Å². The number of aliphatic hydroxyl groups is 1. The van der Waals surface area contributed by atoms with Gasteiger partial charge in [0.1, 0.15) is 11.6 Å². The molecule has 5 heteroatoms. The number of carboxylic acids is 1. The molecular weight excluding hydrogens is 206 g/mol. The first kappa shape index (κ1) is 11.6. The molecule has 0 radical (unpaired) electrons. The highest BCUT2D eigenvalue weighted by Gasteiger charge is 2.31. The van der Waals surface area contributed by atoms with E-state index in [1.165, 1.54) is 0 Å². The predicted molar refractivity (Wildman–Crippen MR) is 48.3 cm³/mol. The van der Waals surface area contributed by atoms with E-state index in [0.29, 0.717) is 6.07 Å². The first-order chi connectivity index (χ1) is 6.83. The Bertz CT molecular complexity index is 388. The molecule has 0 saturated heterocycles. The zero-order chi connectivity index (χ0) is 11.6. The second-order valence-electron chi connectivity index (χ2n) is 3.49. The molecular formula is C10H10F2O3. The van der Waals surface area contributed by atoms with Crippen molar-refractivity contribution in [1.82, 2.24) is 0 Å². The Labute approximate surface area is 85.0 Å². The van der Waals surface area contributed by atoms with E-state index >= 15 is 0 Å². The summed E-state index contributed by atoms with van der Waals surface area (Å²) in [5.74, 6) is -3.06. The van der Waals surface area contributed by atoms with Crippen molar-refractivity contribution in [3.63, 3.8) is 0 Å². The average Bonchev–Trinajstić information content (AvgIpc) is 2.09. The molecule has 1 unspecified atom stereocenters. The van der Waals surface area contributed by atoms with Crippen molar-refractivity contribution < 1.29 is 23.8 Å². The molecule has 0 amide bonds. The number of hydrogen-bond acceptors (Lipinski definition) is 2. The van der Waals surface area contributed by atoms with E-state index in [0.717, 1.165) is 19.1 Å². The number of hydrogen-bond donors (Lipinski definition) is 2. The maximum Gasteiger partial charge on any atom is 0.335 e. The average molecular weight is 216 g/mol. The molecule has 1 rings (SSSR count). The van der Waals surface area contributed by atoms with Crippen LogP contribution in [0.2, 0.25) is 0 Å². The minimum absolute atomic E-state index is 0.0381. The molecule has 0 aliphatic heterocycles. The lowest BCUT2D eigenvalue weighted by Crippen LogP contribution is -2.37. The molecule has 1 aromatic rings. The first-order valence-corrected chi connectivity index (χ1v) is 4.22. The largest absolute Gasteiger partial charge is 0.479 e. The summed E-state index contributed by atoms with van der Waals surface area (Å²) >= 11 is 0. The smallest absolute Gasteiger partial charge is 0.335 e. The van der Waals surface area contributed by atoms with E-state index < -0.39 is 29.6 Å². The summed E-state index contributed by atoms with van der Waals surface area (Å²) in [6.07, 6.45) is -0.408. The fraction of sp³-hybridized carbons (Fsp3) is 0.300. The fourth-order valence-electron chi connectivity index (χ4n) is 1.11. The lowest BCUT2D eigenvalue weighted by molar-refractivity contribution is -0.156. The molecule has 0 aliphatic carbocycles. The third-order valence-electron chi connectivity index (χ3n) is 2.01. The van der Waals surface area contributed by atoms with Gasteiger partial charge in [-0.25, -0.2) is 13.6 Å². The van der Waals surface area contributed by atoms with E-state index in [-0.39, 0.29) is 5.56 Å². The second-order valence-corrected chi connectivity index (χ2v) is 3.49. The van der Waals surface area contributed by atoms with Crippen molar-refractivity contribution in [1.29, 1.82) is 0 Å². The Balaban J connectivity index is 2.95. The molecule has 82 valence electrons. The van der Waals surface area contributed by atoms with Crippen LogP contribution in [0.4, 0.5) is 8.78 Å². The zero-order valence-electron chi connectivity index (χ0n) is 8.00. The molecule has 0 bridgehead atoms. The lowest BCUT2D eigenvalue weighted by Gasteiger charge is -2.17. The maximum absolute atomic E-state index is 13.1. The summed E-state index contributed by atoms with van der Waals surface area (Å²) in [5, 5.41) is 18.0. The van der Waals surface area contributed by atoms with Crippen molar-refractivity contribution in [2.24, 2.45) is 0 Å². The number of carbonyl (C=O) groups is 1. The molecule has 3 nitrogen and oxygen atoms in total. The molecule has 0 heterocycles. The van der Waals surface area contributed by atoms with Crippen LogP contribution in [0, 0.1) is 11.6 Å². The number of benzene rings is 1. The van der Waals surface area contributed by atoms with Crippen molar-refractivity contribution in [2.75, 3.05) is 0 Å². The first-order valence-electron chi connectivity index (χ1n) is 4.22. The number of rotatable bonds is 3. The van der Waals surface area contributed by atoms with Crippen LogP contribution in [-0.2, 0) is 11.2 Å². The minimum atomic E-state index is -2.06. The topological polar surface area (TPSA) is 57.5 Å². The quantitative estimate of drug-likeness (QED) is 0.801. The van der Waals surface area contributed by atoms with E-state index in [1.807, 2.05) is 0 Å². The van der Waals surface area contributed by atoms with Crippen LogP contribution in [0.1, 0.15) is 12.5 Å². The van der Waals surface area contributed by atoms with Crippen LogP contribution in [-0.4, -0.2) is 21.8 Å². The Hall–Kier alpha value is -1.49. The number of carboxylic acid groups (broad SMARTS) is 1. The number of aliphatic carboxylic acids is 1. The Morgan fingerprint density at radius 1 is 1.47 bits per heavy atom. The van der Waals surface area contributed by atoms with Crippen LogP contribution in [0.25, 0.3) is 0 Å². The summed E-state index contributed by atoms with van der Waals surface area (Å²) in [7, 11) is 0. The highest BCUT2D eigenvalue weighted by atomic mass is 19.1. The number of halogens is 2. The van der Waals surface area contributed by atoms with Crippen molar-refractivity contribution in [3.05, 3.63) is 35.4 Å². The van der Waals surface area contributed by atoms with Gasteiger partial charge < -0.3 is 10.2 Å². The summed E-state index contributed by atoms with van der Waals surface area (Å²) in [4.78, 5) is 10.6. The van der Waals surface area contributed by atoms with E-state index in [9.17, 15) is 18.7 Å². The van der Waals surface area contributed by atoms with Gasteiger partial charge in [-0.15, -0.1) is 0 Å². The highest BCUT2D eigenvalue weighted by molar-refractivity contribution is 5.76. The van der Waals surface area contributed by atoms with Crippen molar-refractivity contribution >= 4 is 5.97 Å². The SMILES string of the molecule is CC(O)(Cc1ccc(F)cc1F)C(=O)O. The zero-order valence-corrected chi connectivity index (χ0v) is 8.00. The van der Waals surface area contributed by atoms with E-state index in [1.54, 1.807) is 0 Å². The van der Waals surface area contributed by atoms with Gasteiger partial charge in [0.15, 0.2) is 5.60 Å². The van der Waals surface area contributed by atoms with Gasteiger partial charge in [0.05, 0.1) is 0 Å². The molecule has 0 spiro atoms. The van der Waals surface area contributed by atoms with Crippen molar-refractivity contribution in [3.8, 4) is 0 Å². The third kappa shape index (κ3) is 2.73. The standard InChI is InChI=1S/C10H10F2O3/c1-10(15,9(13)14)5-6-2-3-7(11)4-8(6)12/h2-4,15H,5H2,1H3,(H,13,14). The monoisotopic (exact) mass is 216 g/mol. The van der Waals surface area contributed by atoms with Crippen LogP contribution in [0.3, 0.4) is 0 Å². The van der Waals surface area contributed by atoms with Gasteiger partial charge in [0.25, 0.3) is 0 Å². The molecule has 1 atom stereocenters. The van der Waals surface area contributed by atoms with Gasteiger partial charge in [0, 0.05) is 12.5 Å². The third-order valence-corrected chi connectivity index (χ3v) is 2.01. The fourth-order valence-corrected chi connectivity index (χ4v) is 1.11. The molecule has 15 heavy (non-hydrogen) atoms. The summed E-state index contributed by atoms with van der Waals surface area (Å²) in [5.41, 5.74) is -2.10. The van der Waals surface area contributed by atoms with Crippen LogP contribution >= 0.6 is 0 Å².